The molecule has 13 nitrogen and oxygen atoms in total. The van der Waals surface area contributed by atoms with Gasteiger partial charge in [-0.25, -0.2) is 0 Å². The highest BCUT2D eigenvalue weighted by Crippen LogP contribution is 2.70. The molecule has 0 bridgehead atoms. The summed E-state index contributed by atoms with van der Waals surface area (Å²) in [6.07, 6.45) is -3.70. The minimum absolute atomic E-state index is 0.0146. The number of allylic oxidation sites excluding steroid dienone is 1. The van der Waals surface area contributed by atoms with Crippen LogP contribution in [0.25, 0.3) is 0 Å². The zero-order valence-corrected chi connectivity index (χ0v) is 30.7. The Morgan fingerprint density at radius 3 is 2.39 bits per heavy atom. The third-order valence-corrected chi connectivity index (χ3v) is 14.9. The molecular formula is C38H62O13. The Hall–Kier alpha value is -0.780. The van der Waals surface area contributed by atoms with Gasteiger partial charge in [0, 0.05) is 24.2 Å². The molecule has 51 heavy (non-hydrogen) atoms. The van der Waals surface area contributed by atoms with Crippen molar-refractivity contribution in [3.05, 3.63) is 11.6 Å². The summed E-state index contributed by atoms with van der Waals surface area (Å²) in [5.41, 5.74) is 0.756. The van der Waals surface area contributed by atoms with Crippen LogP contribution in [0.1, 0.15) is 86.0 Å². The Kier molecular flexibility index (Phi) is 10.6. The summed E-state index contributed by atoms with van der Waals surface area (Å²) >= 11 is 0. The Labute approximate surface area is 300 Å². The lowest BCUT2D eigenvalue weighted by atomic mass is 9.46. The molecule has 0 radical (unpaired) electrons. The predicted molar refractivity (Wildman–Crippen MR) is 180 cm³/mol. The van der Waals surface area contributed by atoms with Crippen LogP contribution in [0.4, 0.5) is 0 Å². The number of rotatable bonds is 8. The van der Waals surface area contributed by atoms with Crippen LogP contribution >= 0.6 is 0 Å². The van der Waals surface area contributed by atoms with Crippen molar-refractivity contribution >= 4 is 0 Å². The lowest BCUT2D eigenvalue weighted by Gasteiger charge is -2.60. The van der Waals surface area contributed by atoms with E-state index < -0.39 is 78.7 Å². The highest BCUT2D eigenvalue weighted by molar-refractivity contribution is 5.28. The van der Waals surface area contributed by atoms with Crippen molar-refractivity contribution in [3.63, 3.8) is 0 Å². The molecule has 8 N–H and O–H groups in total. The first-order valence-electron chi connectivity index (χ1n) is 19.4. The van der Waals surface area contributed by atoms with Gasteiger partial charge < -0.3 is 64.5 Å². The Bertz CT molecular complexity index is 1280. The predicted octanol–water partition coefficient (Wildman–Crippen LogP) is 0.954. The summed E-state index contributed by atoms with van der Waals surface area (Å²) in [5, 5.41) is 84.3. The zero-order valence-electron chi connectivity index (χ0n) is 30.7. The van der Waals surface area contributed by atoms with E-state index in [-0.39, 0.29) is 48.4 Å². The highest BCUT2D eigenvalue weighted by atomic mass is 16.7. The average Bonchev–Trinajstić information content (AvgIpc) is 3.52. The summed E-state index contributed by atoms with van der Waals surface area (Å²) in [7, 11) is 0. The molecule has 0 aromatic carbocycles. The van der Waals surface area contributed by atoms with E-state index in [0.29, 0.717) is 37.5 Å². The van der Waals surface area contributed by atoms with Crippen LogP contribution in [-0.2, 0) is 23.7 Å². The number of aliphatic hydroxyl groups excluding tert-OH is 7. The van der Waals surface area contributed by atoms with Gasteiger partial charge in [0.15, 0.2) is 18.4 Å². The Morgan fingerprint density at radius 1 is 0.922 bits per heavy atom. The number of ether oxygens (including phenoxy) is 5. The molecule has 0 unspecified atom stereocenters. The van der Waals surface area contributed by atoms with Crippen LogP contribution in [0.5, 0.6) is 0 Å². The van der Waals surface area contributed by atoms with Crippen molar-refractivity contribution in [2.45, 2.75) is 165 Å². The van der Waals surface area contributed by atoms with E-state index in [9.17, 15) is 40.9 Å². The number of hydrogen-bond acceptors (Lipinski definition) is 13. The topological polar surface area (TPSA) is 208 Å². The fourth-order valence-corrected chi connectivity index (χ4v) is 11.9. The van der Waals surface area contributed by atoms with Gasteiger partial charge in [-0.3, -0.25) is 0 Å². The second-order valence-electron chi connectivity index (χ2n) is 17.8. The van der Waals surface area contributed by atoms with Crippen LogP contribution in [0.15, 0.2) is 11.6 Å². The third-order valence-electron chi connectivity index (χ3n) is 14.9. The molecule has 6 fully saturated rings. The van der Waals surface area contributed by atoms with Gasteiger partial charge in [0.1, 0.15) is 36.6 Å². The second-order valence-corrected chi connectivity index (χ2v) is 17.8. The van der Waals surface area contributed by atoms with Gasteiger partial charge in [-0.2, -0.15) is 0 Å². The largest absolute Gasteiger partial charge is 0.393 e. The van der Waals surface area contributed by atoms with Crippen molar-refractivity contribution in [2.75, 3.05) is 13.2 Å². The van der Waals surface area contributed by atoms with Crippen molar-refractivity contribution in [1.29, 1.82) is 0 Å². The maximum Gasteiger partial charge on any atom is 0.186 e. The van der Waals surface area contributed by atoms with E-state index in [1.807, 2.05) is 6.92 Å². The lowest BCUT2D eigenvalue weighted by molar-refractivity contribution is -0.300. The lowest BCUT2D eigenvalue weighted by Crippen LogP contribution is -2.60. The molecule has 7 rings (SSSR count). The van der Waals surface area contributed by atoms with E-state index in [4.69, 9.17) is 23.7 Å². The number of fused-ring (bicyclic) bond motifs is 7. The van der Waals surface area contributed by atoms with Crippen molar-refractivity contribution in [2.24, 2.45) is 46.3 Å². The minimum atomic E-state index is -1.40. The Morgan fingerprint density at radius 2 is 1.65 bits per heavy atom. The molecule has 3 saturated heterocycles. The smallest absolute Gasteiger partial charge is 0.186 e. The van der Waals surface area contributed by atoms with Crippen molar-refractivity contribution < 1.29 is 64.5 Å². The van der Waals surface area contributed by atoms with Crippen LogP contribution in [0.2, 0.25) is 0 Å². The molecule has 3 saturated carbocycles. The maximum atomic E-state index is 12.0. The Balaban J connectivity index is 1.00. The molecule has 0 amide bonds. The van der Waals surface area contributed by atoms with Gasteiger partial charge in [-0.05, 0) is 80.5 Å². The first kappa shape index (κ1) is 38.5. The maximum absolute atomic E-state index is 12.0. The third kappa shape index (κ3) is 6.37. The molecule has 0 spiro atoms. The molecule has 4 aliphatic carbocycles. The normalized spacial score (nSPS) is 56.0. The quantitative estimate of drug-likeness (QED) is 0.164. The van der Waals surface area contributed by atoms with E-state index >= 15 is 0 Å². The molecule has 13 heteroatoms. The van der Waals surface area contributed by atoms with E-state index in [2.05, 4.69) is 26.8 Å². The number of hydrogen-bond donors (Lipinski definition) is 8. The molecule has 3 heterocycles. The highest BCUT2D eigenvalue weighted by Gasteiger charge is 2.68. The molecule has 21 atom stereocenters. The zero-order chi connectivity index (χ0) is 36.8. The summed E-state index contributed by atoms with van der Waals surface area (Å²) in [6, 6.07) is 0. The summed E-state index contributed by atoms with van der Waals surface area (Å²) in [6.45, 7) is 10.5. The molecule has 0 aromatic rings. The van der Waals surface area contributed by atoms with Crippen LogP contribution in [-0.4, -0.2) is 133 Å². The van der Waals surface area contributed by atoms with E-state index in [1.165, 1.54) is 5.57 Å². The second kappa shape index (κ2) is 14.1. The number of aliphatic hydroxyl groups is 8. The molecule has 3 aliphatic heterocycles. The van der Waals surface area contributed by atoms with Gasteiger partial charge >= 0.3 is 0 Å². The van der Waals surface area contributed by atoms with Gasteiger partial charge in [0.25, 0.3) is 0 Å². The molecule has 0 aromatic heterocycles. The van der Waals surface area contributed by atoms with Gasteiger partial charge in [0.2, 0.25) is 0 Å². The van der Waals surface area contributed by atoms with Crippen molar-refractivity contribution in [1.82, 2.24) is 0 Å². The first-order valence-corrected chi connectivity index (χ1v) is 19.4. The van der Waals surface area contributed by atoms with E-state index in [0.717, 1.165) is 25.7 Å². The first-order chi connectivity index (χ1) is 24.0. The summed E-state index contributed by atoms with van der Waals surface area (Å²) < 4.78 is 30.2. The van der Waals surface area contributed by atoms with Crippen molar-refractivity contribution in [3.8, 4) is 0 Å². The standard InChI is InChI=1S/C38H62O13/c1-17(15-47-34-33(45)31(43)29(41)19(3)49-34)8-11-38(46)18(2)28-26(51-38)14-24-22-7-6-20-12-21(39)13-27(37(20,5)23(22)9-10-36(24,28)4)50-35-32(44)30(42)25(40)16-48-35/h6,17-19,21-35,39-46H,7-16H2,1-5H3/t17-,18+,19+,21-,22-,23+,24+,25-,26+,27-,28+,29+,30+,31-,32-,33-,34-,35+,36+,37+,38+/m1/s1. The monoisotopic (exact) mass is 726 g/mol. The van der Waals surface area contributed by atoms with Crippen LogP contribution in [0, 0.1) is 46.3 Å². The van der Waals surface area contributed by atoms with Crippen LogP contribution < -0.4 is 0 Å². The fraction of sp³-hybridized carbons (Fsp3) is 0.947. The van der Waals surface area contributed by atoms with Gasteiger partial charge in [0.05, 0.1) is 37.6 Å². The van der Waals surface area contributed by atoms with Crippen LogP contribution in [0.3, 0.4) is 0 Å². The SMILES string of the molecule is C[C@H](CC[C@]1(O)O[C@H]2C[C@H]3[C@@H]4CC=C5C[C@@H](O)C[C@@H](O[C@@H]6OC[C@@H](O)[C@H](O)[C@H]6O)[C@]5(C)[C@H]4CC[C@]3(C)[C@H]2[C@@H]1C)CO[C@@H]1O[C@@H](C)[C@H](O)[C@@H](O)[C@H]1O. The summed E-state index contributed by atoms with van der Waals surface area (Å²) in [5.74, 6) is -0.141. The van der Waals surface area contributed by atoms with E-state index in [1.54, 1.807) is 6.92 Å². The summed E-state index contributed by atoms with van der Waals surface area (Å²) in [4.78, 5) is 0. The fourth-order valence-electron chi connectivity index (χ4n) is 11.9. The van der Waals surface area contributed by atoms with Gasteiger partial charge in [-0.15, -0.1) is 0 Å². The van der Waals surface area contributed by atoms with Gasteiger partial charge in [-0.1, -0.05) is 39.3 Å². The molecular weight excluding hydrogens is 664 g/mol. The minimum Gasteiger partial charge on any atom is -0.393 e. The average molecular weight is 727 g/mol. The molecule has 7 aliphatic rings. The molecule has 292 valence electrons.